The van der Waals surface area contributed by atoms with Crippen molar-refractivity contribution in [1.29, 1.82) is 0 Å². The molecular weight excluding hydrogens is 330 g/mol. The van der Waals surface area contributed by atoms with Crippen LogP contribution in [0, 0.1) is 0 Å². The van der Waals surface area contributed by atoms with Crippen LogP contribution >= 0.6 is 38.6 Å². The number of nitrogens with zero attached hydrogens (tertiary/aromatic N) is 2. The molecule has 1 aliphatic rings. The van der Waals surface area contributed by atoms with Gasteiger partial charge < -0.3 is 10.6 Å². The minimum atomic E-state index is 0.281. The standard InChI is InChI=1S/C12H12BrN3S2/c13-11-4-3-10(18-11)9-6-15-12(14)16(9)7-8-2-1-5-17-8/h1-5,9H,6-7H2,(H2,14,15). The highest BCUT2D eigenvalue weighted by molar-refractivity contribution is 9.11. The van der Waals surface area contributed by atoms with E-state index in [1.54, 1.807) is 22.7 Å². The minimum Gasteiger partial charge on any atom is -0.370 e. The Hall–Kier alpha value is -0.850. The predicted molar refractivity (Wildman–Crippen MR) is 81.1 cm³/mol. The summed E-state index contributed by atoms with van der Waals surface area (Å²) in [7, 11) is 0. The zero-order valence-corrected chi connectivity index (χ0v) is 12.8. The van der Waals surface area contributed by atoms with E-state index in [1.165, 1.54) is 9.75 Å². The van der Waals surface area contributed by atoms with Crippen LogP contribution < -0.4 is 5.73 Å². The number of aliphatic imine (C=N–C) groups is 1. The van der Waals surface area contributed by atoms with Crippen LogP contribution in [0.3, 0.4) is 0 Å². The Morgan fingerprint density at radius 2 is 2.33 bits per heavy atom. The fourth-order valence-corrected chi connectivity index (χ4v) is 4.27. The topological polar surface area (TPSA) is 41.6 Å². The molecule has 0 bridgehead atoms. The average Bonchev–Trinajstić information content (AvgIpc) is 3.04. The van der Waals surface area contributed by atoms with Gasteiger partial charge in [0.15, 0.2) is 5.96 Å². The molecule has 1 atom stereocenters. The molecule has 6 heteroatoms. The predicted octanol–water partition coefficient (Wildman–Crippen LogP) is 3.44. The van der Waals surface area contributed by atoms with Crippen molar-refractivity contribution in [3.63, 3.8) is 0 Å². The molecule has 1 unspecified atom stereocenters. The van der Waals surface area contributed by atoms with E-state index in [0.29, 0.717) is 5.96 Å². The number of hydrogen-bond acceptors (Lipinski definition) is 5. The summed E-state index contributed by atoms with van der Waals surface area (Å²) in [6, 6.07) is 8.72. The maximum absolute atomic E-state index is 6.00. The number of rotatable bonds is 3. The highest BCUT2D eigenvalue weighted by Gasteiger charge is 2.28. The molecule has 94 valence electrons. The van der Waals surface area contributed by atoms with Gasteiger partial charge >= 0.3 is 0 Å². The molecule has 3 nitrogen and oxygen atoms in total. The van der Waals surface area contributed by atoms with E-state index >= 15 is 0 Å². The third kappa shape index (κ3) is 2.32. The molecule has 0 aliphatic carbocycles. The van der Waals surface area contributed by atoms with Crippen molar-refractivity contribution in [3.05, 3.63) is 43.2 Å². The van der Waals surface area contributed by atoms with E-state index in [2.05, 4.69) is 55.5 Å². The molecule has 18 heavy (non-hydrogen) atoms. The number of guanidine groups is 1. The van der Waals surface area contributed by atoms with Crippen molar-refractivity contribution in [3.8, 4) is 0 Å². The second-order valence-corrected chi connectivity index (χ2v) is 7.59. The van der Waals surface area contributed by atoms with E-state index in [9.17, 15) is 0 Å². The Morgan fingerprint density at radius 1 is 1.44 bits per heavy atom. The van der Waals surface area contributed by atoms with E-state index in [1.807, 2.05) is 0 Å². The van der Waals surface area contributed by atoms with Crippen LogP contribution in [-0.2, 0) is 6.54 Å². The molecule has 0 spiro atoms. The summed E-state index contributed by atoms with van der Waals surface area (Å²) in [5, 5.41) is 2.09. The first kappa shape index (κ1) is 12.2. The SMILES string of the molecule is NC1=NCC(c2ccc(Br)s2)N1Cc1cccs1. The van der Waals surface area contributed by atoms with Crippen LogP contribution in [0.25, 0.3) is 0 Å². The fraction of sp³-hybridized carbons (Fsp3) is 0.250. The van der Waals surface area contributed by atoms with Crippen molar-refractivity contribution >= 4 is 44.6 Å². The summed E-state index contributed by atoms with van der Waals surface area (Å²) < 4.78 is 1.15. The molecule has 3 rings (SSSR count). The summed E-state index contributed by atoms with van der Waals surface area (Å²) >= 11 is 7.02. The first-order valence-corrected chi connectivity index (χ1v) is 8.07. The summed E-state index contributed by atoms with van der Waals surface area (Å²) in [5.74, 6) is 0.651. The van der Waals surface area contributed by atoms with E-state index < -0.39 is 0 Å². The Morgan fingerprint density at radius 3 is 3.00 bits per heavy atom. The largest absolute Gasteiger partial charge is 0.370 e. The lowest BCUT2D eigenvalue weighted by Crippen LogP contribution is -2.35. The Labute approximate surface area is 122 Å². The van der Waals surface area contributed by atoms with Gasteiger partial charge in [0, 0.05) is 9.75 Å². The Balaban J connectivity index is 1.83. The molecule has 2 aromatic heterocycles. The molecule has 0 aromatic carbocycles. The Kier molecular flexibility index (Phi) is 3.41. The molecule has 2 aromatic rings. The van der Waals surface area contributed by atoms with Crippen molar-refractivity contribution in [1.82, 2.24) is 4.90 Å². The molecule has 1 aliphatic heterocycles. The van der Waals surface area contributed by atoms with Gasteiger partial charge in [-0.05, 0) is 39.5 Å². The molecule has 0 amide bonds. The van der Waals surface area contributed by atoms with Gasteiger partial charge in [-0.25, -0.2) is 0 Å². The summed E-state index contributed by atoms with van der Waals surface area (Å²) in [6.07, 6.45) is 0. The molecular formula is C12H12BrN3S2. The monoisotopic (exact) mass is 341 g/mol. The van der Waals surface area contributed by atoms with Gasteiger partial charge in [0.1, 0.15) is 0 Å². The molecule has 0 radical (unpaired) electrons. The highest BCUT2D eigenvalue weighted by atomic mass is 79.9. The number of thiophene rings is 2. The van der Waals surface area contributed by atoms with Crippen LogP contribution in [0.15, 0.2) is 38.4 Å². The number of nitrogens with two attached hydrogens (primary N) is 1. The summed E-state index contributed by atoms with van der Waals surface area (Å²) in [4.78, 5) is 9.19. The average molecular weight is 342 g/mol. The van der Waals surface area contributed by atoms with Crippen molar-refractivity contribution < 1.29 is 0 Å². The summed E-state index contributed by atoms with van der Waals surface area (Å²) in [5.41, 5.74) is 6.00. The fourth-order valence-electron chi connectivity index (χ4n) is 2.04. The van der Waals surface area contributed by atoms with E-state index in [4.69, 9.17) is 5.73 Å². The minimum absolute atomic E-state index is 0.281. The van der Waals surface area contributed by atoms with Crippen LogP contribution in [0.5, 0.6) is 0 Å². The zero-order chi connectivity index (χ0) is 12.5. The molecule has 2 N–H and O–H groups in total. The van der Waals surface area contributed by atoms with Gasteiger partial charge in [0.25, 0.3) is 0 Å². The second kappa shape index (κ2) is 5.03. The first-order valence-electron chi connectivity index (χ1n) is 5.58. The Bertz CT molecular complexity index is 562. The lowest BCUT2D eigenvalue weighted by atomic mass is 10.2. The van der Waals surface area contributed by atoms with Gasteiger partial charge in [0.05, 0.1) is 22.9 Å². The van der Waals surface area contributed by atoms with Gasteiger partial charge in [-0.2, -0.15) is 0 Å². The number of hydrogen-bond donors (Lipinski definition) is 1. The van der Waals surface area contributed by atoms with Crippen LogP contribution in [0.2, 0.25) is 0 Å². The van der Waals surface area contributed by atoms with E-state index in [0.717, 1.165) is 16.9 Å². The third-order valence-corrected chi connectivity index (χ3v) is 5.51. The molecule has 0 fully saturated rings. The second-order valence-electron chi connectivity index (χ2n) is 4.06. The first-order chi connectivity index (χ1) is 8.74. The van der Waals surface area contributed by atoms with Gasteiger partial charge in [-0.1, -0.05) is 6.07 Å². The van der Waals surface area contributed by atoms with Crippen molar-refractivity contribution in [2.75, 3.05) is 6.54 Å². The normalized spacial score (nSPS) is 19.3. The zero-order valence-electron chi connectivity index (χ0n) is 9.54. The molecule has 0 saturated heterocycles. The molecule has 0 saturated carbocycles. The van der Waals surface area contributed by atoms with E-state index in [-0.39, 0.29) is 6.04 Å². The van der Waals surface area contributed by atoms with Crippen molar-refractivity contribution in [2.24, 2.45) is 10.7 Å². The highest BCUT2D eigenvalue weighted by Crippen LogP contribution is 2.34. The summed E-state index contributed by atoms with van der Waals surface area (Å²) in [6.45, 7) is 1.59. The number of halogens is 1. The third-order valence-electron chi connectivity index (χ3n) is 2.93. The maximum Gasteiger partial charge on any atom is 0.192 e. The van der Waals surface area contributed by atoms with Gasteiger partial charge in [-0.3, -0.25) is 4.99 Å². The lowest BCUT2D eigenvalue weighted by Gasteiger charge is -2.24. The lowest BCUT2D eigenvalue weighted by molar-refractivity contribution is 0.347. The van der Waals surface area contributed by atoms with Crippen LogP contribution in [0.1, 0.15) is 15.8 Å². The maximum atomic E-state index is 6.00. The van der Waals surface area contributed by atoms with Gasteiger partial charge in [-0.15, -0.1) is 22.7 Å². The van der Waals surface area contributed by atoms with Crippen molar-refractivity contribution in [2.45, 2.75) is 12.6 Å². The molecule has 3 heterocycles. The quantitative estimate of drug-likeness (QED) is 0.928. The van der Waals surface area contributed by atoms with Crippen LogP contribution in [-0.4, -0.2) is 17.4 Å². The van der Waals surface area contributed by atoms with Crippen LogP contribution in [0.4, 0.5) is 0 Å². The van der Waals surface area contributed by atoms with Gasteiger partial charge in [0.2, 0.25) is 0 Å². The smallest absolute Gasteiger partial charge is 0.192 e.